The zero-order chi connectivity index (χ0) is 14.4. The first-order valence-corrected chi connectivity index (χ1v) is 6.97. The molecular formula is C13H11Cl2N3O2. The Bertz CT molecular complexity index is 726. The molecule has 0 radical (unpaired) electrons. The normalized spacial score (nSPS) is 19.4. The van der Waals surface area contributed by atoms with Gasteiger partial charge in [-0.25, -0.2) is 4.98 Å². The summed E-state index contributed by atoms with van der Waals surface area (Å²) in [5, 5.41) is 0.498. The zero-order valence-electron chi connectivity index (χ0n) is 10.6. The quantitative estimate of drug-likeness (QED) is 0.632. The number of aromatic nitrogens is 2. The van der Waals surface area contributed by atoms with E-state index in [1.54, 1.807) is 16.7 Å². The van der Waals surface area contributed by atoms with Crippen molar-refractivity contribution < 1.29 is 9.59 Å². The van der Waals surface area contributed by atoms with Gasteiger partial charge in [0.05, 0.1) is 22.8 Å². The van der Waals surface area contributed by atoms with Crippen LogP contribution in [0.15, 0.2) is 18.2 Å². The Morgan fingerprint density at radius 3 is 2.75 bits per heavy atom. The van der Waals surface area contributed by atoms with E-state index in [9.17, 15) is 9.59 Å². The number of carbonyl (C=O) groups is 2. The van der Waals surface area contributed by atoms with Crippen molar-refractivity contribution in [1.82, 2.24) is 14.5 Å². The Labute approximate surface area is 125 Å². The lowest BCUT2D eigenvalue weighted by Crippen LogP contribution is -2.27. The summed E-state index contributed by atoms with van der Waals surface area (Å²) in [7, 11) is 1.48. The van der Waals surface area contributed by atoms with E-state index in [0.717, 1.165) is 10.4 Å². The summed E-state index contributed by atoms with van der Waals surface area (Å²) < 4.78 is 1.72. The maximum absolute atomic E-state index is 12.2. The maximum atomic E-state index is 12.2. The van der Waals surface area contributed by atoms with Crippen LogP contribution >= 0.6 is 23.2 Å². The highest BCUT2D eigenvalue weighted by Crippen LogP contribution is 2.32. The molecule has 2 amide bonds. The summed E-state index contributed by atoms with van der Waals surface area (Å²) in [6.07, 6.45) is 0.122. The number of alkyl halides is 1. The SMILES string of the molecule is CN1C(=O)CC(n2c(CCl)nc3c(Cl)cccc32)C1=O. The van der Waals surface area contributed by atoms with Crippen LogP contribution in [0, 0.1) is 0 Å². The van der Waals surface area contributed by atoms with E-state index in [1.807, 2.05) is 6.07 Å². The fourth-order valence-electron chi connectivity index (χ4n) is 2.51. The molecule has 1 aromatic carbocycles. The van der Waals surface area contributed by atoms with Crippen molar-refractivity contribution in [2.75, 3.05) is 7.05 Å². The molecule has 0 saturated carbocycles. The van der Waals surface area contributed by atoms with Gasteiger partial charge >= 0.3 is 0 Å². The Balaban J connectivity index is 2.23. The van der Waals surface area contributed by atoms with Crippen LogP contribution in [-0.4, -0.2) is 33.3 Å². The Morgan fingerprint density at radius 1 is 1.40 bits per heavy atom. The first kappa shape index (κ1) is 13.4. The number of carbonyl (C=O) groups excluding carboxylic acids is 2. The minimum absolute atomic E-state index is 0.122. The summed E-state index contributed by atoms with van der Waals surface area (Å²) in [5.74, 6) is 0.230. The molecule has 20 heavy (non-hydrogen) atoms. The van der Waals surface area contributed by atoms with Gasteiger partial charge < -0.3 is 4.57 Å². The number of nitrogens with zero attached hydrogens (tertiary/aromatic N) is 3. The number of hydrogen-bond donors (Lipinski definition) is 0. The van der Waals surface area contributed by atoms with Crippen LogP contribution in [0.5, 0.6) is 0 Å². The summed E-state index contributed by atoms with van der Waals surface area (Å²) in [4.78, 5) is 29.4. The number of halogens is 2. The number of likely N-dealkylation sites (tertiary alicyclic amines) is 1. The van der Waals surface area contributed by atoms with Crippen LogP contribution in [0.4, 0.5) is 0 Å². The summed E-state index contributed by atoms with van der Waals surface area (Å²) in [5.41, 5.74) is 1.31. The van der Waals surface area contributed by atoms with Gasteiger partial charge in [-0.05, 0) is 12.1 Å². The predicted octanol–water partition coefficient (Wildman–Crippen LogP) is 2.36. The van der Waals surface area contributed by atoms with Gasteiger partial charge in [-0.3, -0.25) is 14.5 Å². The standard InChI is InChI=1S/C13H11Cl2N3O2/c1-17-11(19)5-9(13(17)20)18-8-4-2-3-7(15)12(8)16-10(18)6-14/h2-4,9H,5-6H2,1H3. The molecule has 3 rings (SSSR count). The summed E-state index contributed by atoms with van der Waals surface area (Å²) in [6, 6.07) is 4.74. The predicted molar refractivity (Wildman–Crippen MR) is 75.7 cm³/mol. The molecule has 1 aliphatic rings. The Kier molecular flexibility index (Phi) is 3.18. The van der Waals surface area contributed by atoms with Crippen LogP contribution in [0.2, 0.25) is 5.02 Å². The largest absolute Gasteiger partial charge is 0.314 e. The van der Waals surface area contributed by atoms with Gasteiger partial charge in [0.2, 0.25) is 5.91 Å². The van der Waals surface area contributed by atoms with Crippen molar-refractivity contribution in [2.24, 2.45) is 0 Å². The van der Waals surface area contributed by atoms with Crippen molar-refractivity contribution in [1.29, 1.82) is 0 Å². The minimum atomic E-state index is -0.593. The van der Waals surface area contributed by atoms with E-state index in [1.165, 1.54) is 7.05 Å². The molecule has 1 unspecified atom stereocenters. The van der Waals surface area contributed by atoms with Crippen molar-refractivity contribution in [3.63, 3.8) is 0 Å². The van der Waals surface area contributed by atoms with Gasteiger partial charge in [-0.2, -0.15) is 0 Å². The second-order valence-corrected chi connectivity index (χ2v) is 5.32. The molecule has 0 N–H and O–H groups in total. The van der Waals surface area contributed by atoms with Gasteiger partial charge in [0.1, 0.15) is 17.4 Å². The van der Waals surface area contributed by atoms with E-state index in [-0.39, 0.29) is 24.1 Å². The van der Waals surface area contributed by atoms with Gasteiger partial charge in [0.25, 0.3) is 5.91 Å². The highest BCUT2D eigenvalue weighted by atomic mass is 35.5. The van der Waals surface area contributed by atoms with Gasteiger partial charge in [0.15, 0.2) is 0 Å². The molecule has 2 aromatic rings. The number of benzene rings is 1. The molecule has 7 heteroatoms. The summed E-state index contributed by atoms with van der Waals surface area (Å²) >= 11 is 12.0. The molecule has 2 heterocycles. The fourth-order valence-corrected chi connectivity index (χ4v) is 2.91. The highest BCUT2D eigenvalue weighted by Gasteiger charge is 2.39. The first-order valence-electron chi connectivity index (χ1n) is 6.06. The maximum Gasteiger partial charge on any atom is 0.252 e. The molecule has 0 spiro atoms. The lowest BCUT2D eigenvalue weighted by atomic mass is 10.2. The average molecular weight is 312 g/mol. The van der Waals surface area contributed by atoms with Crippen molar-refractivity contribution in [2.45, 2.75) is 18.3 Å². The van der Waals surface area contributed by atoms with Crippen LogP contribution in [0.3, 0.4) is 0 Å². The van der Waals surface area contributed by atoms with E-state index in [0.29, 0.717) is 16.4 Å². The smallest absolute Gasteiger partial charge is 0.252 e. The number of imide groups is 1. The van der Waals surface area contributed by atoms with Crippen molar-refractivity contribution in [3.8, 4) is 0 Å². The second-order valence-electron chi connectivity index (χ2n) is 4.65. The lowest BCUT2D eigenvalue weighted by molar-refractivity contribution is -0.137. The topological polar surface area (TPSA) is 55.2 Å². The molecule has 0 bridgehead atoms. The highest BCUT2D eigenvalue weighted by molar-refractivity contribution is 6.35. The number of likely N-dealkylation sites (N-methyl/N-ethyl adjacent to an activating group) is 1. The van der Waals surface area contributed by atoms with E-state index >= 15 is 0 Å². The van der Waals surface area contributed by atoms with Gasteiger partial charge in [-0.1, -0.05) is 17.7 Å². The van der Waals surface area contributed by atoms with Crippen molar-refractivity contribution in [3.05, 3.63) is 29.0 Å². The number of hydrogen-bond acceptors (Lipinski definition) is 3. The molecule has 1 atom stereocenters. The third kappa shape index (κ3) is 1.81. The molecule has 1 fully saturated rings. The number of para-hydroxylation sites is 1. The summed E-state index contributed by atoms with van der Waals surface area (Å²) in [6.45, 7) is 0. The number of amides is 2. The first-order chi connectivity index (χ1) is 9.54. The van der Waals surface area contributed by atoms with Crippen molar-refractivity contribution >= 4 is 46.0 Å². The van der Waals surface area contributed by atoms with Crippen LogP contribution in [0.1, 0.15) is 18.3 Å². The molecule has 5 nitrogen and oxygen atoms in total. The average Bonchev–Trinajstić information content (AvgIpc) is 2.93. The monoisotopic (exact) mass is 311 g/mol. The Morgan fingerprint density at radius 2 is 2.15 bits per heavy atom. The third-order valence-electron chi connectivity index (χ3n) is 3.53. The van der Waals surface area contributed by atoms with Gasteiger partial charge in [-0.15, -0.1) is 11.6 Å². The van der Waals surface area contributed by atoms with E-state index in [2.05, 4.69) is 4.98 Å². The molecule has 1 aliphatic heterocycles. The number of rotatable bonds is 2. The minimum Gasteiger partial charge on any atom is -0.314 e. The molecule has 1 saturated heterocycles. The lowest BCUT2D eigenvalue weighted by Gasteiger charge is -2.14. The van der Waals surface area contributed by atoms with Crippen LogP contribution in [-0.2, 0) is 15.5 Å². The fraction of sp³-hybridized carbons (Fsp3) is 0.308. The number of imidazole rings is 1. The van der Waals surface area contributed by atoms with Crippen LogP contribution < -0.4 is 0 Å². The Hall–Kier alpha value is -1.59. The molecule has 1 aromatic heterocycles. The van der Waals surface area contributed by atoms with E-state index < -0.39 is 6.04 Å². The second kappa shape index (κ2) is 4.75. The molecular weight excluding hydrogens is 301 g/mol. The third-order valence-corrected chi connectivity index (χ3v) is 4.08. The molecule has 104 valence electrons. The van der Waals surface area contributed by atoms with Crippen LogP contribution in [0.25, 0.3) is 11.0 Å². The number of fused-ring (bicyclic) bond motifs is 1. The zero-order valence-corrected chi connectivity index (χ0v) is 12.1. The molecule has 0 aliphatic carbocycles. The van der Waals surface area contributed by atoms with E-state index in [4.69, 9.17) is 23.2 Å². The van der Waals surface area contributed by atoms with Gasteiger partial charge in [0, 0.05) is 7.05 Å².